The van der Waals surface area contributed by atoms with E-state index in [1.807, 2.05) is 6.07 Å². The van der Waals surface area contributed by atoms with E-state index >= 15 is 0 Å². The highest BCUT2D eigenvalue weighted by Gasteiger charge is 1.94. The number of nitrogens with zero attached hydrogens (tertiary/aromatic N) is 1. The van der Waals surface area contributed by atoms with Crippen LogP contribution in [0.15, 0.2) is 24.9 Å². The summed E-state index contributed by atoms with van der Waals surface area (Å²) in [6, 6.07) is 1.89. The summed E-state index contributed by atoms with van der Waals surface area (Å²) < 4.78 is 0. The molecule has 0 saturated carbocycles. The predicted octanol–water partition coefficient (Wildman–Crippen LogP) is 0.560. The molecular weight excluding hydrogens is 184 g/mol. The fourth-order valence-electron chi connectivity index (χ4n) is 0.786. The van der Waals surface area contributed by atoms with Crippen molar-refractivity contribution in [2.24, 2.45) is 0 Å². The molecule has 0 amide bonds. The normalized spacial score (nSPS) is 9.23. The van der Waals surface area contributed by atoms with Gasteiger partial charge in [-0.2, -0.15) is 5.10 Å². The van der Waals surface area contributed by atoms with Gasteiger partial charge in [-0.1, -0.05) is 6.08 Å². The van der Waals surface area contributed by atoms with Gasteiger partial charge in [-0.05, 0) is 18.3 Å². The molecule has 0 bridgehead atoms. The first-order valence-electron chi connectivity index (χ1n) is 3.94. The monoisotopic (exact) mass is 196 g/mol. The molecule has 4 nitrogen and oxygen atoms in total. The van der Waals surface area contributed by atoms with Gasteiger partial charge in [0, 0.05) is 12.7 Å². The lowest BCUT2D eigenvalue weighted by Crippen LogP contribution is -2.34. The third-order valence-electron chi connectivity index (χ3n) is 1.40. The summed E-state index contributed by atoms with van der Waals surface area (Å²) in [6.07, 6.45) is 3.46. The summed E-state index contributed by atoms with van der Waals surface area (Å²) in [7, 11) is 0. The minimum atomic E-state index is 0.620. The van der Waals surface area contributed by atoms with Crippen LogP contribution in [0.4, 0.5) is 0 Å². The van der Waals surface area contributed by atoms with E-state index in [2.05, 4.69) is 27.4 Å². The number of hydrogen-bond acceptors (Lipinski definition) is 2. The Balaban J connectivity index is 2.19. The fraction of sp³-hybridized carbons (Fsp3) is 0.250. The molecule has 1 aromatic rings. The molecule has 0 atom stereocenters. The number of aromatic nitrogens is 2. The standard InChI is InChI=1S/C8H12N4S/c1-2-4-9-8(13)10-6-7-3-5-11-12-7/h2-3,5H,1,4,6H2,(H,11,12)(H2,9,10,13). The van der Waals surface area contributed by atoms with Crippen molar-refractivity contribution >= 4 is 17.3 Å². The van der Waals surface area contributed by atoms with Crippen molar-refractivity contribution in [2.45, 2.75) is 6.54 Å². The molecule has 0 aliphatic carbocycles. The van der Waals surface area contributed by atoms with Gasteiger partial charge in [0.15, 0.2) is 5.11 Å². The molecular formula is C8H12N4S. The molecule has 70 valence electrons. The highest BCUT2D eigenvalue weighted by Crippen LogP contribution is 1.89. The first-order chi connectivity index (χ1) is 6.33. The molecule has 0 fully saturated rings. The number of aromatic amines is 1. The second-order valence-corrected chi connectivity index (χ2v) is 2.84. The lowest BCUT2D eigenvalue weighted by Gasteiger charge is -2.06. The molecule has 13 heavy (non-hydrogen) atoms. The molecule has 0 aliphatic rings. The maximum atomic E-state index is 4.99. The number of hydrogen-bond donors (Lipinski definition) is 3. The Morgan fingerprint density at radius 2 is 2.54 bits per heavy atom. The summed E-state index contributed by atoms with van der Waals surface area (Å²) in [5, 5.41) is 13.2. The van der Waals surface area contributed by atoms with Crippen molar-refractivity contribution in [3.63, 3.8) is 0 Å². The van der Waals surface area contributed by atoms with Crippen LogP contribution in [0.25, 0.3) is 0 Å². The van der Waals surface area contributed by atoms with Gasteiger partial charge in [-0.15, -0.1) is 6.58 Å². The van der Waals surface area contributed by atoms with Crippen LogP contribution < -0.4 is 10.6 Å². The first-order valence-corrected chi connectivity index (χ1v) is 4.34. The Morgan fingerprint density at radius 3 is 3.15 bits per heavy atom. The molecule has 5 heteroatoms. The zero-order valence-electron chi connectivity index (χ0n) is 7.21. The second kappa shape index (κ2) is 5.31. The van der Waals surface area contributed by atoms with Gasteiger partial charge >= 0.3 is 0 Å². The van der Waals surface area contributed by atoms with E-state index < -0.39 is 0 Å². The van der Waals surface area contributed by atoms with E-state index in [1.165, 1.54) is 0 Å². The van der Waals surface area contributed by atoms with Crippen LogP contribution in [0, 0.1) is 0 Å². The van der Waals surface area contributed by atoms with Gasteiger partial charge in [0.2, 0.25) is 0 Å². The Labute approximate surface area is 82.4 Å². The van der Waals surface area contributed by atoms with Crippen molar-refractivity contribution in [3.05, 3.63) is 30.6 Å². The van der Waals surface area contributed by atoms with Gasteiger partial charge in [0.25, 0.3) is 0 Å². The quantitative estimate of drug-likeness (QED) is 0.486. The fourth-order valence-corrected chi connectivity index (χ4v) is 0.942. The number of nitrogens with one attached hydrogen (secondary N) is 3. The van der Waals surface area contributed by atoms with E-state index in [9.17, 15) is 0 Å². The maximum Gasteiger partial charge on any atom is 0.166 e. The number of H-pyrrole nitrogens is 1. The summed E-state index contributed by atoms with van der Waals surface area (Å²) in [4.78, 5) is 0. The van der Waals surface area contributed by atoms with Crippen LogP contribution in [0.3, 0.4) is 0 Å². The molecule has 0 aliphatic heterocycles. The molecule has 0 radical (unpaired) electrons. The minimum absolute atomic E-state index is 0.620. The lowest BCUT2D eigenvalue weighted by atomic mass is 10.4. The van der Waals surface area contributed by atoms with Crippen LogP contribution in [0.5, 0.6) is 0 Å². The first kappa shape index (κ1) is 9.73. The van der Waals surface area contributed by atoms with E-state index in [-0.39, 0.29) is 0 Å². The average molecular weight is 196 g/mol. The molecule has 1 heterocycles. The van der Waals surface area contributed by atoms with Crippen molar-refractivity contribution in [1.82, 2.24) is 20.8 Å². The van der Waals surface area contributed by atoms with Gasteiger partial charge in [0.05, 0.1) is 12.2 Å². The van der Waals surface area contributed by atoms with Crippen molar-refractivity contribution < 1.29 is 0 Å². The third-order valence-corrected chi connectivity index (χ3v) is 1.69. The van der Waals surface area contributed by atoms with Gasteiger partial charge in [0.1, 0.15) is 0 Å². The molecule has 0 unspecified atom stereocenters. The Bertz CT molecular complexity index is 268. The van der Waals surface area contributed by atoms with Crippen molar-refractivity contribution in [2.75, 3.05) is 6.54 Å². The maximum absolute atomic E-state index is 4.99. The predicted molar refractivity (Wildman–Crippen MR) is 56.2 cm³/mol. The van der Waals surface area contributed by atoms with E-state index in [1.54, 1.807) is 12.3 Å². The van der Waals surface area contributed by atoms with E-state index in [0.717, 1.165) is 5.69 Å². The molecule has 3 N–H and O–H groups in total. The highest BCUT2D eigenvalue weighted by atomic mass is 32.1. The lowest BCUT2D eigenvalue weighted by molar-refractivity contribution is 0.834. The van der Waals surface area contributed by atoms with Gasteiger partial charge in [-0.25, -0.2) is 0 Å². The molecule has 0 saturated heterocycles. The molecule has 0 spiro atoms. The minimum Gasteiger partial charge on any atom is -0.359 e. The average Bonchev–Trinajstić information content (AvgIpc) is 2.64. The largest absolute Gasteiger partial charge is 0.359 e. The zero-order valence-corrected chi connectivity index (χ0v) is 8.03. The van der Waals surface area contributed by atoms with Gasteiger partial charge in [-0.3, -0.25) is 5.10 Å². The SMILES string of the molecule is C=CCNC(=S)NCc1ccn[nH]1. The third kappa shape index (κ3) is 3.71. The molecule has 1 aromatic heterocycles. The Morgan fingerprint density at radius 1 is 1.69 bits per heavy atom. The number of rotatable bonds is 4. The Kier molecular flexibility index (Phi) is 3.98. The Hall–Kier alpha value is -1.36. The summed E-state index contributed by atoms with van der Waals surface area (Å²) in [6.45, 7) is 4.91. The zero-order chi connectivity index (χ0) is 9.52. The smallest absolute Gasteiger partial charge is 0.166 e. The molecule has 0 aromatic carbocycles. The topological polar surface area (TPSA) is 52.7 Å². The van der Waals surface area contributed by atoms with E-state index in [4.69, 9.17) is 12.2 Å². The van der Waals surface area contributed by atoms with E-state index in [0.29, 0.717) is 18.2 Å². The van der Waals surface area contributed by atoms with Crippen molar-refractivity contribution in [3.8, 4) is 0 Å². The van der Waals surface area contributed by atoms with Crippen LogP contribution in [-0.2, 0) is 6.54 Å². The highest BCUT2D eigenvalue weighted by molar-refractivity contribution is 7.80. The van der Waals surface area contributed by atoms with Crippen molar-refractivity contribution in [1.29, 1.82) is 0 Å². The molecule has 1 rings (SSSR count). The van der Waals surface area contributed by atoms with Crippen LogP contribution >= 0.6 is 12.2 Å². The van der Waals surface area contributed by atoms with Crippen LogP contribution in [0.2, 0.25) is 0 Å². The summed E-state index contributed by atoms with van der Waals surface area (Å²) in [5.74, 6) is 0. The van der Waals surface area contributed by atoms with Crippen LogP contribution in [-0.4, -0.2) is 21.9 Å². The second-order valence-electron chi connectivity index (χ2n) is 2.43. The summed E-state index contributed by atoms with van der Waals surface area (Å²) >= 11 is 4.99. The van der Waals surface area contributed by atoms with Crippen LogP contribution in [0.1, 0.15) is 5.69 Å². The summed E-state index contributed by atoms with van der Waals surface area (Å²) in [5.41, 5.74) is 1.00. The van der Waals surface area contributed by atoms with Gasteiger partial charge < -0.3 is 10.6 Å². The number of thiocarbonyl (C=S) groups is 1.